The third-order valence-corrected chi connectivity index (χ3v) is 4.49. The number of hydrogen-bond donors (Lipinski definition) is 2. The van der Waals surface area contributed by atoms with E-state index in [1.807, 2.05) is 12.1 Å². The van der Waals surface area contributed by atoms with E-state index in [1.54, 1.807) is 6.33 Å². The smallest absolute Gasteiger partial charge is 0.224 e. The number of imidazole rings is 1. The van der Waals surface area contributed by atoms with Crippen molar-refractivity contribution < 1.29 is 4.39 Å². The minimum atomic E-state index is -0.198. The number of benzene rings is 1. The molecule has 3 heterocycles. The number of nitrogens with two attached hydrogens (primary N) is 1. The third-order valence-electron chi connectivity index (χ3n) is 4.49. The molecule has 1 aliphatic heterocycles. The third kappa shape index (κ3) is 3.39. The first-order chi connectivity index (χ1) is 12.2. The van der Waals surface area contributed by atoms with Crippen LogP contribution < -0.4 is 10.6 Å². The number of anilines is 2. The minimum Gasteiger partial charge on any atom is -0.368 e. The highest BCUT2D eigenvalue weighted by Gasteiger charge is 2.20. The van der Waals surface area contributed by atoms with Crippen LogP contribution in [0, 0.1) is 5.82 Å². The number of nitrogens with one attached hydrogen (secondary N) is 1. The zero-order chi connectivity index (χ0) is 17.2. The van der Waals surface area contributed by atoms with Gasteiger partial charge < -0.3 is 15.6 Å². The Labute approximate surface area is 144 Å². The van der Waals surface area contributed by atoms with Gasteiger partial charge in [-0.2, -0.15) is 9.97 Å². The van der Waals surface area contributed by atoms with E-state index in [0.29, 0.717) is 5.65 Å². The normalized spacial score (nSPS) is 16.3. The highest BCUT2D eigenvalue weighted by Crippen LogP contribution is 2.23. The Hall–Kier alpha value is -2.74. The van der Waals surface area contributed by atoms with Gasteiger partial charge in [-0.05, 0) is 24.1 Å². The number of hydrogen-bond acceptors (Lipinski definition) is 6. The summed E-state index contributed by atoms with van der Waals surface area (Å²) in [6, 6.07) is 6.71. The van der Waals surface area contributed by atoms with Crippen LogP contribution in [-0.4, -0.2) is 51.0 Å². The molecule has 1 aromatic carbocycles. The molecule has 0 saturated carbocycles. The quantitative estimate of drug-likeness (QED) is 0.755. The predicted octanol–water partition coefficient (Wildman–Crippen LogP) is 1.79. The number of aromatic amines is 1. The Kier molecular flexibility index (Phi) is 4.19. The van der Waals surface area contributed by atoms with Crippen LogP contribution in [0.15, 0.2) is 30.6 Å². The molecule has 130 valence electrons. The lowest BCUT2D eigenvalue weighted by Crippen LogP contribution is -2.31. The molecule has 3 aromatic rings. The number of nitrogen functional groups attached to an aromatic ring is 1. The van der Waals surface area contributed by atoms with Gasteiger partial charge in [-0.15, -0.1) is 0 Å². The van der Waals surface area contributed by atoms with Crippen molar-refractivity contribution in [2.75, 3.05) is 36.8 Å². The molecule has 8 heteroatoms. The van der Waals surface area contributed by atoms with Crippen molar-refractivity contribution in [1.82, 2.24) is 24.8 Å². The van der Waals surface area contributed by atoms with Crippen LogP contribution in [-0.2, 0) is 6.54 Å². The average Bonchev–Trinajstić information content (AvgIpc) is 2.95. The number of H-pyrrole nitrogens is 1. The maximum Gasteiger partial charge on any atom is 0.224 e. The van der Waals surface area contributed by atoms with Crippen molar-refractivity contribution >= 4 is 22.9 Å². The first kappa shape index (κ1) is 15.8. The van der Waals surface area contributed by atoms with Gasteiger partial charge in [-0.3, -0.25) is 4.90 Å². The van der Waals surface area contributed by atoms with Gasteiger partial charge in [0.2, 0.25) is 5.95 Å². The van der Waals surface area contributed by atoms with E-state index in [1.165, 1.54) is 12.1 Å². The van der Waals surface area contributed by atoms with Crippen LogP contribution in [0.25, 0.3) is 11.2 Å². The summed E-state index contributed by atoms with van der Waals surface area (Å²) in [5.74, 6) is 0.848. The van der Waals surface area contributed by atoms with Crippen molar-refractivity contribution in [3.8, 4) is 0 Å². The number of halogens is 1. The number of rotatable bonds is 3. The summed E-state index contributed by atoms with van der Waals surface area (Å²) < 4.78 is 13.1. The largest absolute Gasteiger partial charge is 0.368 e. The van der Waals surface area contributed by atoms with Gasteiger partial charge in [-0.25, -0.2) is 9.37 Å². The molecule has 7 nitrogen and oxygen atoms in total. The van der Waals surface area contributed by atoms with Gasteiger partial charge in [0.15, 0.2) is 11.5 Å². The fraction of sp³-hybridized carbons (Fsp3) is 0.353. The molecule has 1 aliphatic rings. The van der Waals surface area contributed by atoms with Gasteiger partial charge >= 0.3 is 0 Å². The fourth-order valence-corrected chi connectivity index (χ4v) is 3.25. The standard InChI is InChI=1S/C17H20FN7/c18-13-4-2-12(3-5-13)10-24-6-1-7-25(9-8-24)16-14-15(21-11-20-14)22-17(19)23-16/h2-5,11H,1,6-10H2,(H3,19,20,21,22,23). The molecule has 0 amide bonds. The highest BCUT2D eigenvalue weighted by molar-refractivity contribution is 5.84. The monoisotopic (exact) mass is 341 g/mol. The Balaban J connectivity index is 1.49. The van der Waals surface area contributed by atoms with E-state index < -0.39 is 0 Å². The summed E-state index contributed by atoms with van der Waals surface area (Å²) in [5.41, 5.74) is 8.36. The zero-order valence-corrected chi connectivity index (χ0v) is 13.8. The lowest BCUT2D eigenvalue weighted by atomic mass is 10.2. The average molecular weight is 341 g/mol. The molecule has 25 heavy (non-hydrogen) atoms. The van der Waals surface area contributed by atoms with Crippen LogP contribution in [0.5, 0.6) is 0 Å². The summed E-state index contributed by atoms with van der Waals surface area (Å²) in [5, 5.41) is 0. The summed E-state index contributed by atoms with van der Waals surface area (Å²) >= 11 is 0. The van der Waals surface area contributed by atoms with Gasteiger partial charge in [0, 0.05) is 32.7 Å². The lowest BCUT2D eigenvalue weighted by molar-refractivity contribution is 0.285. The van der Waals surface area contributed by atoms with E-state index >= 15 is 0 Å². The maximum atomic E-state index is 13.1. The summed E-state index contributed by atoms with van der Waals surface area (Å²) in [4.78, 5) is 20.5. The molecule has 3 N–H and O–H groups in total. The van der Waals surface area contributed by atoms with Crippen LogP contribution in [0.3, 0.4) is 0 Å². The number of aromatic nitrogens is 4. The van der Waals surface area contributed by atoms with Gasteiger partial charge in [0.1, 0.15) is 11.3 Å². The van der Waals surface area contributed by atoms with Crippen LogP contribution >= 0.6 is 0 Å². The molecule has 0 bridgehead atoms. The second kappa shape index (κ2) is 6.64. The second-order valence-electron chi connectivity index (χ2n) is 6.25. The predicted molar refractivity (Wildman–Crippen MR) is 94.6 cm³/mol. The molecule has 1 fully saturated rings. The molecular weight excluding hydrogens is 321 g/mol. The van der Waals surface area contributed by atoms with E-state index in [9.17, 15) is 4.39 Å². The first-order valence-corrected chi connectivity index (χ1v) is 8.37. The van der Waals surface area contributed by atoms with Gasteiger partial charge in [-0.1, -0.05) is 12.1 Å². The second-order valence-corrected chi connectivity index (χ2v) is 6.25. The molecule has 4 rings (SSSR count). The van der Waals surface area contributed by atoms with Gasteiger partial charge in [0.05, 0.1) is 6.33 Å². The van der Waals surface area contributed by atoms with Crippen molar-refractivity contribution in [3.05, 3.63) is 42.0 Å². The van der Waals surface area contributed by atoms with Crippen molar-refractivity contribution in [1.29, 1.82) is 0 Å². The van der Waals surface area contributed by atoms with E-state index in [4.69, 9.17) is 5.73 Å². The van der Waals surface area contributed by atoms with Crippen LogP contribution in [0.1, 0.15) is 12.0 Å². The van der Waals surface area contributed by atoms with E-state index in [2.05, 4.69) is 29.7 Å². The first-order valence-electron chi connectivity index (χ1n) is 8.37. The topological polar surface area (TPSA) is 87.0 Å². The molecule has 0 unspecified atom stereocenters. The summed E-state index contributed by atoms with van der Waals surface area (Å²) in [7, 11) is 0. The van der Waals surface area contributed by atoms with Crippen LogP contribution in [0.4, 0.5) is 16.2 Å². The Morgan fingerprint density at radius 3 is 2.76 bits per heavy atom. The molecule has 0 radical (unpaired) electrons. The van der Waals surface area contributed by atoms with E-state index in [-0.39, 0.29) is 11.8 Å². The highest BCUT2D eigenvalue weighted by atomic mass is 19.1. The molecule has 2 aromatic heterocycles. The Morgan fingerprint density at radius 1 is 1.08 bits per heavy atom. The zero-order valence-electron chi connectivity index (χ0n) is 13.8. The van der Waals surface area contributed by atoms with Crippen molar-refractivity contribution in [3.63, 3.8) is 0 Å². The van der Waals surface area contributed by atoms with Crippen LogP contribution in [0.2, 0.25) is 0 Å². The minimum absolute atomic E-state index is 0.198. The summed E-state index contributed by atoms with van der Waals surface area (Å²) in [6.45, 7) is 4.44. The molecule has 0 spiro atoms. The fourth-order valence-electron chi connectivity index (χ4n) is 3.25. The number of nitrogens with zero attached hydrogens (tertiary/aromatic N) is 5. The molecule has 0 atom stereocenters. The maximum absolute atomic E-state index is 13.1. The van der Waals surface area contributed by atoms with Crippen molar-refractivity contribution in [2.24, 2.45) is 0 Å². The van der Waals surface area contributed by atoms with E-state index in [0.717, 1.165) is 56.0 Å². The Morgan fingerprint density at radius 2 is 1.92 bits per heavy atom. The molecular formula is C17H20FN7. The SMILES string of the molecule is Nc1nc(N2CCCN(Cc3ccc(F)cc3)CC2)c2[nH]cnc2n1. The number of fused-ring (bicyclic) bond motifs is 1. The molecule has 0 aliphatic carbocycles. The molecule has 1 saturated heterocycles. The van der Waals surface area contributed by atoms with Gasteiger partial charge in [0.25, 0.3) is 0 Å². The Bertz CT molecular complexity index is 861. The van der Waals surface area contributed by atoms with Crippen molar-refractivity contribution in [2.45, 2.75) is 13.0 Å². The lowest BCUT2D eigenvalue weighted by Gasteiger charge is -2.23. The summed E-state index contributed by atoms with van der Waals surface area (Å²) in [6.07, 6.45) is 2.63.